The fraction of sp³-hybridized carbons (Fsp3) is 0.174. The molecule has 7 heteroatoms. The Morgan fingerprint density at radius 3 is 2.30 bits per heavy atom. The lowest BCUT2D eigenvalue weighted by Crippen LogP contribution is -2.41. The van der Waals surface area contributed by atoms with Crippen molar-refractivity contribution in [3.05, 3.63) is 95.0 Å². The van der Waals surface area contributed by atoms with Crippen LogP contribution in [-0.2, 0) is 14.8 Å². The molecule has 0 radical (unpaired) electrons. The minimum Gasteiger partial charge on any atom is -0.348 e. The lowest BCUT2D eigenvalue weighted by atomic mass is 10.1. The number of nitrogens with zero attached hydrogens (tertiary/aromatic N) is 1. The van der Waals surface area contributed by atoms with Gasteiger partial charge in [-0.25, -0.2) is 8.42 Å². The van der Waals surface area contributed by atoms with E-state index in [1.807, 2.05) is 50.2 Å². The molecule has 0 aliphatic rings. The molecule has 0 aliphatic carbocycles. The molecule has 156 valence electrons. The van der Waals surface area contributed by atoms with Gasteiger partial charge in [-0.05, 0) is 61.4 Å². The third-order valence-electron chi connectivity index (χ3n) is 4.66. The van der Waals surface area contributed by atoms with E-state index in [-0.39, 0.29) is 17.5 Å². The Hall–Kier alpha value is -2.83. The number of carbonyl (C=O) groups is 1. The lowest BCUT2D eigenvalue weighted by molar-refractivity contribution is -0.120. The number of carbonyl (C=O) groups excluding carboxylic acids is 1. The van der Waals surface area contributed by atoms with Gasteiger partial charge in [-0.15, -0.1) is 0 Å². The summed E-state index contributed by atoms with van der Waals surface area (Å²) in [6.45, 7) is 3.39. The standard InChI is InChI=1S/C23H23ClN2O3S/c1-17-7-6-10-21(15-17)26(30(28,29)22-13-11-20(24)12-14-22)16-23(27)25-18(2)19-8-4-3-5-9-19/h3-15,18H,16H2,1-2H3,(H,25,27)/t18-/m0/s1. The topological polar surface area (TPSA) is 66.5 Å². The number of sulfonamides is 1. The highest BCUT2D eigenvalue weighted by Crippen LogP contribution is 2.25. The molecular weight excluding hydrogens is 420 g/mol. The number of rotatable bonds is 7. The van der Waals surface area contributed by atoms with Crippen molar-refractivity contribution in [2.75, 3.05) is 10.8 Å². The molecule has 0 bridgehead atoms. The summed E-state index contributed by atoms with van der Waals surface area (Å²) in [6, 6.07) is 22.2. The van der Waals surface area contributed by atoms with Crippen LogP contribution in [0.15, 0.2) is 83.8 Å². The van der Waals surface area contributed by atoms with Gasteiger partial charge in [0.05, 0.1) is 16.6 Å². The molecule has 0 fully saturated rings. The van der Waals surface area contributed by atoms with Crippen LogP contribution in [0.3, 0.4) is 0 Å². The lowest BCUT2D eigenvalue weighted by Gasteiger charge is -2.25. The third-order valence-corrected chi connectivity index (χ3v) is 6.70. The zero-order chi connectivity index (χ0) is 21.7. The molecule has 3 rings (SSSR count). The molecule has 0 spiro atoms. The molecule has 5 nitrogen and oxygen atoms in total. The summed E-state index contributed by atoms with van der Waals surface area (Å²) in [5.74, 6) is -0.398. The van der Waals surface area contributed by atoms with E-state index in [0.29, 0.717) is 10.7 Å². The predicted octanol–water partition coefficient (Wildman–Crippen LogP) is 4.72. The van der Waals surface area contributed by atoms with Gasteiger partial charge in [-0.3, -0.25) is 9.10 Å². The molecule has 3 aromatic rings. The maximum absolute atomic E-state index is 13.3. The SMILES string of the molecule is Cc1cccc(N(CC(=O)N[C@@H](C)c2ccccc2)S(=O)(=O)c2ccc(Cl)cc2)c1. The second-order valence-electron chi connectivity index (χ2n) is 7.00. The summed E-state index contributed by atoms with van der Waals surface area (Å²) in [5, 5.41) is 3.31. The monoisotopic (exact) mass is 442 g/mol. The first-order valence-electron chi connectivity index (χ1n) is 9.46. The number of anilines is 1. The first-order valence-corrected chi connectivity index (χ1v) is 11.3. The molecule has 3 aromatic carbocycles. The smallest absolute Gasteiger partial charge is 0.264 e. The Morgan fingerprint density at radius 1 is 1.00 bits per heavy atom. The van der Waals surface area contributed by atoms with Crippen LogP contribution < -0.4 is 9.62 Å². The molecule has 1 N–H and O–H groups in total. The summed E-state index contributed by atoms with van der Waals surface area (Å²) in [6.07, 6.45) is 0. The van der Waals surface area contributed by atoms with Crippen LogP contribution in [0.2, 0.25) is 5.02 Å². The summed E-state index contributed by atoms with van der Waals surface area (Å²) in [5.41, 5.74) is 2.25. The number of benzene rings is 3. The Kier molecular flexibility index (Phi) is 6.80. The minimum absolute atomic E-state index is 0.0670. The highest BCUT2D eigenvalue weighted by molar-refractivity contribution is 7.92. The number of nitrogens with one attached hydrogen (secondary N) is 1. The van der Waals surface area contributed by atoms with Gasteiger partial charge in [0.2, 0.25) is 5.91 Å². The zero-order valence-corrected chi connectivity index (χ0v) is 18.3. The molecule has 30 heavy (non-hydrogen) atoms. The number of halogens is 1. The van der Waals surface area contributed by atoms with Crippen LogP contribution in [-0.4, -0.2) is 20.9 Å². The molecule has 1 amide bonds. The molecule has 0 unspecified atom stereocenters. The van der Waals surface area contributed by atoms with Crippen LogP contribution in [0.25, 0.3) is 0 Å². The van der Waals surface area contributed by atoms with E-state index >= 15 is 0 Å². The average molecular weight is 443 g/mol. The first-order chi connectivity index (χ1) is 14.3. The van der Waals surface area contributed by atoms with Crippen molar-refractivity contribution in [3.8, 4) is 0 Å². The van der Waals surface area contributed by atoms with Gasteiger partial charge in [-0.2, -0.15) is 0 Å². The van der Waals surface area contributed by atoms with E-state index in [1.54, 1.807) is 18.2 Å². The van der Waals surface area contributed by atoms with E-state index in [1.165, 1.54) is 24.3 Å². The van der Waals surface area contributed by atoms with Gasteiger partial charge >= 0.3 is 0 Å². The Bertz CT molecular complexity index is 1120. The van der Waals surface area contributed by atoms with E-state index in [0.717, 1.165) is 15.4 Å². The van der Waals surface area contributed by atoms with E-state index < -0.39 is 15.9 Å². The maximum Gasteiger partial charge on any atom is 0.264 e. The van der Waals surface area contributed by atoms with Crippen molar-refractivity contribution in [2.24, 2.45) is 0 Å². The van der Waals surface area contributed by atoms with Gasteiger partial charge in [0.25, 0.3) is 10.0 Å². The average Bonchev–Trinajstić information content (AvgIpc) is 2.73. The van der Waals surface area contributed by atoms with E-state index in [9.17, 15) is 13.2 Å². The zero-order valence-electron chi connectivity index (χ0n) is 16.7. The minimum atomic E-state index is -3.97. The number of hydrogen-bond acceptors (Lipinski definition) is 3. The van der Waals surface area contributed by atoms with Crippen molar-refractivity contribution in [2.45, 2.75) is 24.8 Å². The fourth-order valence-corrected chi connectivity index (χ4v) is 4.61. The normalized spacial score (nSPS) is 12.2. The molecular formula is C23H23ClN2O3S. The fourth-order valence-electron chi connectivity index (χ4n) is 3.07. The summed E-state index contributed by atoms with van der Waals surface area (Å²) in [4.78, 5) is 12.9. The predicted molar refractivity (Wildman–Crippen MR) is 120 cm³/mol. The molecule has 0 saturated heterocycles. The van der Waals surface area contributed by atoms with Crippen molar-refractivity contribution in [1.29, 1.82) is 0 Å². The highest BCUT2D eigenvalue weighted by atomic mass is 35.5. The Morgan fingerprint density at radius 2 is 1.67 bits per heavy atom. The van der Waals surface area contributed by atoms with Crippen molar-refractivity contribution < 1.29 is 13.2 Å². The molecule has 0 saturated carbocycles. The number of amides is 1. The van der Waals surface area contributed by atoms with E-state index in [2.05, 4.69) is 5.32 Å². The Labute approximate surface area is 182 Å². The van der Waals surface area contributed by atoms with Crippen molar-refractivity contribution >= 4 is 33.2 Å². The van der Waals surface area contributed by atoms with Crippen LogP contribution in [0.1, 0.15) is 24.1 Å². The van der Waals surface area contributed by atoms with Gasteiger partial charge < -0.3 is 5.32 Å². The second-order valence-corrected chi connectivity index (χ2v) is 9.30. The van der Waals surface area contributed by atoms with E-state index in [4.69, 9.17) is 11.6 Å². The highest BCUT2D eigenvalue weighted by Gasteiger charge is 2.27. The van der Waals surface area contributed by atoms with Crippen molar-refractivity contribution in [3.63, 3.8) is 0 Å². The number of aryl methyl sites for hydroxylation is 1. The Balaban J connectivity index is 1.90. The van der Waals surface area contributed by atoms with Gasteiger partial charge in [0.1, 0.15) is 6.54 Å². The largest absolute Gasteiger partial charge is 0.348 e. The van der Waals surface area contributed by atoms with Crippen LogP contribution >= 0.6 is 11.6 Å². The van der Waals surface area contributed by atoms with Crippen LogP contribution in [0.4, 0.5) is 5.69 Å². The van der Waals surface area contributed by atoms with Gasteiger partial charge in [-0.1, -0.05) is 54.1 Å². The molecule has 1 atom stereocenters. The number of hydrogen-bond donors (Lipinski definition) is 1. The molecule has 0 aromatic heterocycles. The van der Waals surface area contributed by atoms with Crippen LogP contribution in [0, 0.1) is 6.92 Å². The van der Waals surface area contributed by atoms with Gasteiger partial charge in [0.15, 0.2) is 0 Å². The third kappa shape index (κ3) is 5.20. The molecule has 0 heterocycles. The summed E-state index contributed by atoms with van der Waals surface area (Å²) >= 11 is 5.91. The van der Waals surface area contributed by atoms with Crippen molar-refractivity contribution in [1.82, 2.24) is 5.32 Å². The maximum atomic E-state index is 13.3. The quantitative estimate of drug-likeness (QED) is 0.575. The molecule has 0 aliphatic heterocycles. The van der Waals surface area contributed by atoms with Crippen LogP contribution in [0.5, 0.6) is 0 Å². The summed E-state index contributed by atoms with van der Waals surface area (Å²) < 4.78 is 27.8. The van der Waals surface area contributed by atoms with Gasteiger partial charge in [0, 0.05) is 5.02 Å². The summed E-state index contributed by atoms with van der Waals surface area (Å²) in [7, 11) is -3.97. The second kappa shape index (κ2) is 9.32. The first kappa shape index (κ1) is 21.9.